The first-order valence-electron chi connectivity index (χ1n) is 8.74. The third-order valence-corrected chi connectivity index (χ3v) is 3.74. The number of benzene rings is 1. The Bertz CT molecular complexity index is 483. The molecule has 0 heterocycles. The van der Waals surface area contributed by atoms with Crippen LogP contribution < -0.4 is 0 Å². The zero-order valence-electron chi connectivity index (χ0n) is 16.4. The van der Waals surface area contributed by atoms with Crippen molar-refractivity contribution in [1.82, 2.24) is 4.90 Å². The van der Waals surface area contributed by atoms with Gasteiger partial charge in [0, 0.05) is 32.7 Å². The van der Waals surface area contributed by atoms with Gasteiger partial charge in [0.15, 0.2) is 0 Å². The first kappa shape index (κ1) is 31.2. The second kappa shape index (κ2) is 20.3. The molecule has 0 aromatic heterocycles. The van der Waals surface area contributed by atoms with Crippen LogP contribution in [0.5, 0.6) is 0 Å². The molecule has 1 radical (unpaired) electrons. The number of carbonyl (C=O) groups excluding carboxylic acids is 1. The average Bonchev–Trinajstić information content (AvgIpc) is 3.01. The largest absolute Gasteiger partial charge is 2.00 e. The topological polar surface area (TPSA) is 40.5 Å². The Kier molecular flexibility index (Phi) is 24.4. The van der Waals surface area contributed by atoms with Gasteiger partial charge in [-0.05, 0) is 37.4 Å². The Labute approximate surface area is 209 Å². The van der Waals surface area contributed by atoms with Gasteiger partial charge in [0.25, 0.3) is 0 Å². The Morgan fingerprint density at radius 3 is 2.50 bits per heavy atom. The summed E-state index contributed by atoms with van der Waals surface area (Å²) in [6.07, 6.45) is 10.3. The van der Waals surface area contributed by atoms with Gasteiger partial charge in [-0.3, -0.25) is 0 Å². The molecule has 1 N–H and O–H groups in total. The maximum absolute atomic E-state index is 10.2. The molecule has 0 aliphatic heterocycles. The predicted molar refractivity (Wildman–Crippen MR) is 102 cm³/mol. The molecule has 0 fully saturated rings. The Morgan fingerprint density at radius 1 is 1.35 bits per heavy atom. The molecule has 0 saturated heterocycles. The minimum Gasteiger partial charge on any atom is -0.541 e. The molecule has 0 saturated carbocycles. The van der Waals surface area contributed by atoms with E-state index in [2.05, 4.69) is 26.0 Å². The van der Waals surface area contributed by atoms with Crippen LogP contribution in [0.3, 0.4) is 0 Å². The van der Waals surface area contributed by atoms with E-state index in [-0.39, 0.29) is 76.0 Å². The van der Waals surface area contributed by atoms with Gasteiger partial charge in [0.2, 0.25) is 0 Å². The van der Waals surface area contributed by atoms with Crippen molar-refractivity contribution in [2.45, 2.75) is 58.1 Å². The van der Waals surface area contributed by atoms with Crippen molar-refractivity contribution in [3.63, 3.8) is 0 Å². The quantitative estimate of drug-likeness (QED) is 0.280. The minimum absolute atomic E-state index is 0. The molecule has 0 spiro atoms. The maximum Gasteiger partial charge on any atom is 2.00 e. The van der Waals surface area contributed by atoms with Crippen LogP contribution in [0.4, 0.5) is 0 Å². The fourth-order valence-corrected chi connectivity index (χ4v) is 2.26. The summed E-state index contributed by atoms with van der Waals surface area (Å²) in [6, 6.07) is 8.09. The number of aliphatic hydroxyl groups excluding tert-OH is 1. The monoisotopic (exact) mass is 657 g/mol. The van der Waals surface area contributed by atoms with Crippen molar-refractivity contribution in [2.24, 2.45) is 0 Å². The number of aryl methyl sites for hydroxylation is 1. The number of nitrogens with zero attached hydrogens (tertiary/aromatic N) is 1. The smallest absolute Gasteiger partial charge is 0.541 e. The Balaban J connectivity index is -0.000000348. The number of rotatable bonds is 6. The van der Waals surface area contributed by atoms with E-state index in [0.717, 1.165) is 37.7 Å². The molecule has 2 atom stereocenters. The Morgan fingerprint density at radius 2 is 1.96 bits per heavy atom. The maximum atomic E-state index is 10.2. The number of hydrogen-bond donors (Lipinski definition) is 1. The van der Waals surface area contributed by atoms with Crippen molar-refractivity contribution in [1.29, 1.82) is 0 Å². The number of aliphatic hydroxyl groups is 1. The van der Waals surface area contributed by atoms with Crippen LogP contribution in [0.2, 0.25) is 0 Å². The predicted octanol–water partition coefficient (Wildman–Crippen LogP) is 4.44. The number of unbranched alkanes of at least 4 members (excludes halogenated alkanes) is 1. The molecular formula is C21H32NO2UY-. The van der Waals surface area contributed by atoms with Crippen molar-refractivity contribution in [2.75, 3.05) is 7.05 Å². The van der Waals surface area contributed by atoms with Crippen molar-refractivity contribution in [3.8, 4) is 0 Å². The number of hydrogen-bond acceptors (Lipinski definition) is 2. The third kappa shape index (κ3) is 12.8. The first-order chi connectivity index (χ1) is 11.6. The molecular weight excluding hydrogens is 625 g/mol. The van der Waals surface area contributed by atoms with E-state index in [4.69, 9.17) is 0 Å². The van der Waals surface area contributed by atoms with Crippen LogP contribution in [-0.2, 0) is 43.9 Å². The molecule has 1 aromatic rings. The molecule has 0 bridgehead atoms. The van der Waals surface area contributed by atoms with Gasteiger partial charge in [0.05, 0.1) is 6.10 Å². The van der Waals surface area contributed by atoms with Gasteiger partial charge in [0.1, 0.15) is 0 Å². The van der Waals surface area contributed by atoms with Gasteiger partial charge >= 0.3 is 31.1 Å². The van der Waals surface area contributed by atoms with Crippen LogP contribution in [0, 0.1) is 45.0 Å². The number of fused-ring (bicyclic) bond motifs is 1. The zero-order valence-corrected chi connectivity index (χ0v) is 23.5. The van der Waals surface area contributed by atoms with Gasteiger partial charge in [-0.2, -0.15) is 12.8 Å². The molecule has 141 valence electrons. The molecule has 5 heteroatoms. The van der Waals surface area contributed by atoms with Crippen LogP contribution in [0.1, 0.15) is 56.8 Å². The summed E-state index contributed by atoms with van der Waals surface area (Å²) >= 11 is 0. The fraction of sp³-hybridized carbons (Fsp3) is 0.476. The van der Waals surface area contributed by atoms with Crippen molar-refractivity contribution >= 4 is 6.41 Å². The van der Waals surface area contributed by atoms with E-state index in [1.54, 1.807) is 13.5 Å². The third-order valence-electron chi connectivity index (χ3n) is 3.74. The van der Waals surface area contributed by atoms with Crippen LogP contribution in [0.15, 0.2) is 36.4 Å². The van der Waals surface area contributed by atoms with E-state index in [1.807, 2.05) is 38.1 Å². The van der Waals surface area contributed by atoms with Crippen LogP contribution >= 0.6 is 0 Å². The number of allylic oxidation sites excluding steroid dienone is 1. The van der Waals surface area contributed by atoms with E-state index in [9.17, 15) is 9.90 Å². The van der Waals surface area contributed by atoms with Crippen LogP contribution in [-0.4, -0.2) is 29.5 Å². The molecule has 1 aliphatic rings. The summed E-state index contributed by atoms with van der Waals surface area (Å²) in [5, 5.41) is 9.38. The minimum atomic E-state index is -0.198. The standard InChI is InChI=1S/C10H16NO.C9H10O.C2H6.U.Y/c1-4-5-6-7-8-10(2)11(3)9-12;10-9-6-5-7-3-1-2-4-8(7)9;1-2;;/h6-7,10H,1-2,4-5,8H2,3H3;1-4,9-10H,5-6H2;1-2H3;;/q-3;;;+2;/t10-;;;;/m1..../s1. The van der Waals surface area contributed by atoms with Gasteiger partial charge in [-0.25, -0.2) is 0 Å². The molecule has 3 nitrogen and oxygen atoms in total. The summed E-state index contributed by atoms with van der Waals surface area (Å²) in [6.45, 7) is 11.5. The average molecular weight is 657 g/mol. The summed E-state index contributed by atoms with van der Waals surface area (Å²) in [4.78, 5) is 11.6. The second-order valence-corrected chi connectivity index (χ2v) is 5.46. The molecule has 1 amide bonds. The summed E-state index contributed by atoms with van der Waals surface area (Å²) in [5.41, 5.74) is 2.44. The molecule has 2 rings (SSSR count). The molecule has 1 unspecified atom stereocenters. The summed E-state index contributed by atoms with van der Waals surface area (Å²) in [7, 11) is 1.68. The number of amides is 1. The van der Waals surface area contributed by atoms with Gasteiger partial charge < -0.3 is 28.6 Å². The van der Waals surface area contributed by atoms with E-state index >= 15 is 0 Å². The summed E-state index contributed by atoms with van der Waals surface area (Å²) in [5.74, 6) is 0. The van der Waals surface area contributed by atoms with E-state index < -0.39 is 0 Å². The second-order valence-electron chi connectivity index (χ2n) is 5.46. The van der Waals surface area contributed by atoms with Gasteiger partial charge in [-0.1, -0.05) is 56.7 Å². The normalized spacial score (nSPS) is 15.1. The molecule has 1 aliphatic carbocycles. The zero-order chi connectivity index (χ0) is 18.4. The van der Waals surface area contributed by atoms with Gasteiger partial charge in [-0.15, -0.1) is 6.04 Å². The molecule has 1 aromatic carbocycles. The first-order valence-corrected chi connectivity index (χ1v) is 8.74. The summed E-state index contributed by atoms with van der Waals surface area (Å²) < 4.78 is 0. The fourth-order valence-electron chi connectivity index (χ4n) is 2.26. The van der Waals surface area contributed by atoms with Crippen molar-refractivity contribution < 1.29 is 73.7 Å². The van der Waals surface area contributed by atoms with Crippen molar-refractivity contribution in [3.05, 3.63) is 61.4 Å². The van der Waals surface area contributed by atoms with E-state index in [0.29, 0.717) is 0 Å². The molecule has 26 heavy (non-hydrogen) atoms. The van der Waals surface area contributed by atoms with Crippen LogP contribution in [0.25, 0.3) is 0 Å². The van der Waals surface area contributed by atoms with E-state index in [1.165, 1.54) is 10.5 Å². The SMILES string of the molecule is CC.OC1CCc2ccccc21.[CH2-]CCC=CC[C@@H]([CH2-])N(C)[C-]=O.[U+2].[Y]. The Hall–Kier alpha value is 0.546.